The highest BCUT2D eigenvalue weighted by Crippen LogP contribution is 2.37. The molecule has 4 aromatic rings. The molecular formula is C28H28ClN5O. The lowest BCUT2D eigenvalue weighted by molar-refractivity contribution is 0.124. The molecule has 0 radical (unpaired) electrons. The third-order valence-electron chi connectivity index (χ3n) is 7.54. The van der Waals surface area contributed by atoms with Crippen molar-refractivity contribution in [2.45, 2.75) is 50.4 Å². The van der Waals surface area contributed by atoms with Crippen molar-refractivity contribution in [2.24, 2.45) is 7.05 Å². The smallest absolute Gasteiger partial charge is 0.259 e. The van der Waals surface area contributed by atoms with Gasteiger partial charge in [-0.1, -0.05) is 60.1 Å². The van der Waals surface area contributed by atoms with Crippen molar-refractivity contribution in [3.05, 3.63) is 87.8 Å². The number of halogens is 1. The lowest BCUT2D eigenvalue weighted by Crippen LogP contribution is -2.46. The number of rotatable bonds is 5. The molecule has 0 amide bonds. The summed E-state index contributed by atoms with van der Waals surface area (Å²) in [4.78, 5) is 25.2. The normalized spacial score (nSPS) is 21.9. The third kappa shape index (κ3) is 4.21. The van der Waals surface area contributed by atoms with Gasteiger partial charge in [-0.2, -0.15) is 4.98 Å². The molecule has 2 fully saturated rings. The van der Waals surface area contributed by atoms with Crippen LogP contribution in [0.15, 0.2) is 71.7 Å². The van der Waals surface area contributed by atoms with E-state index in [1.54, 1.807) is 23.9 Å². The maximum absolute atomic E-state index is 13.1. The number of nitrogens with one attached hydrogen (secondary N) is 1. The van der Waals surface area contributed by atoms with Gasteiger partial charge in [0, 0.05) is 59.5 Å². The molecule has 2 unspecified atom stereocenters. The van der Waals surface area contributed by atoms with E-state index in [4.69, 9.17) is 16.6 Å². The molecule has 0 spiro atoms. The maximum Gasteiger partial charge on any atom is 0.259 e. The van der Waals surface area contributed by atoms with Crippen molar-refractivity contribution in [3.8, 4) is 11.1 Å². The summed E-state index contributed by atoms with van der Waals surface area (Å²) in [6.07, 6.45) is 6.44. The molecule has 178 valence electrons. The quantitative estimate of drug-likeness (QED) is 0.418. The third-order valence-corrected chi connectivity index (χ3v) is 7.87. The van der Waals surface area contributed by atoms with Gasteiger partial charge >= 0.3 is 0 Å². The van der Waals surface area contributed by atoms with Crippen molar-refractivity contribution < 1.29 is 0 Å². The van der Waals surface area contributed by atoms with E-state index >= 15 is 0 Å². The van der Waals surface area contributed by atoms with Crippen molar-refractivity contribution in [2.75, 3.05) is 5.32 Å². The second kappa shape index (κ2) is 9.10. The summed E-state index contributed by atoms with van der Waals surface area (Å²) in [6, 6.07) is 21.5. The lowest BCUT2D eigenvalue weighted by atomic mass is 9.96. The molecule has 2 aromatic heterocycles. The number of benzene rings is 2. The monoisotopic (exact) mass is 485 g/mol. The predicted molar refractivity (Wildman–Crippen MR) is 141 cm³/mol. The van der Waals surface area contributed by atoms with Crippen LogP contribution in [0.3, 0.4) is 0 Å². The molecular weight excluding hydrogens is 458 g/mol. The van der Waals surface area contributed by atoms with E-state index < -0.39 is 0 Å². The highest BCUT2D eigenvalue weighted by atomic mass is 35.5. The molecule has 2 bridgehead atoms. The van der Waals surface area contributed by atoms with Crippen LogP contribution >= 0.6 is 11.6 Å². The first-order valence-electron chi connectivity index (χ1n) is 12.2. The topological polar surface area (TPSA) is 63.1 Å². The number of fused-ring (bicyclic) bond motifs is 3. The van der Waals surface area contributed by atoms with Gasteiger partial charge in [0.2, 0.25) is 5.95 Å². The Kier molecular flexibility index (Phi) is 5.78. The number of pyridine rings is 1. The number of hydrogen-bond donors (Lipinski definition) is 1. The highest BCUT2D eigenvalue weighted by molar-refractivity contribution is 6.33. The van der Waals surface area contributed by atoms with Gasteiger partial charge in [0.05, 0.1) is 0 Å². The van der Waals surface area contributed by atoms with Crippen LogP contribution in [0.2, 0.25) is 5.02 Å². The first-order chi connectivity index (χ1) is 17.1. The van der Waals surface area contributed by atoms with Gasteiger partial charge in [-0.3, -0.25) is 14.3 Å². The number of aromatic nitrogens is 3. The molecule has 2 aromatic carbocycles. The van der Waals surface area contributed by atoms with E-state index in [0.717, 1.165) is 30.3 Å². The van der Waals surface area contributed by atoms with E-state index in [1.807, 2.05) is 24.3 Å². The molecule has 35 heavy (non-hydrogen) atoms. The number of aryl methyl sites for hydroxylation is 1. The average Bonchev–Trinajstić information content (AvgIpc) is 3.10. The molecule has 2 saturated heterocycles. The van der Waals surface area contributed by atoms with Gasteiger partial charge in [0.15, 0.2) is 0 Å². The van der Waals surface area contributed by atoms with E-state index in [-0.39, 0.29) is 5.56 Å². The van der Waals surface area contributed by atoms with Crippen LogP contribution < -0.4 is 10.9 Å². The SMILES string of the molecule is Cn1c(=O)c(-c2ccccc2Cl)cc2cnc(NC3CC4CCC(C3)N4Cc3ccccc3)nc21. The molecule has 2 aliphatic rings. The highest BCUT2D eigenvalue weighted by Gasteiger charge is 2.40. The van der Waals surface area contributed by atoms with E-state index in [0.29, 0.717) is 40.3 Å². The summed E-state index contributed by atoms with van der Waals surface area (Å²) < 4.78 is 1.59. The Balaban J connectivity index is 1.22. The van der Waals surface area contributed by atoms with Gasteiger partial charge in [-0.15, -0.1) is 0 Å². The fraction of sp³-hybridized carbons (Fsp3) is 0.321. The predicted octanol–water partition coefficient (Wildman–Crippen LogP) is 5.26. The summed E-state index contributed by atoms with van der Waals surface area (Å²) in [6.45, 7) is 1.02. The number of hydrogen-bond acceptors (Lipinski definition) is 5. The van der Waals surface area contributed by atoms with Crippen LogP contribution in [0.4, 0.5) is 5.95 Å². The second-order valence-corrected chi connectivity index (χ2v) is 10.1. The summed E-state index contributed by atoms with van der Waals surface area (Å²) >= 11 is 6.36. The zero-order valence-electron chi connectivity index (χ0n) is 19.7. The van der Waals surface area contributed by atoms with E-state index in [1.165, 1.54) is 18.4 Å². The second-order valence-electron chi connectivity index (χ2n) is 9.73. The average molecular weight is 486 g/mol. The minimum atomic E-state index is -0.123. The van der Waals surface area contributed by atoms with Crippen LogP contribution in [0.5, 0.6) is 0 Å². The molecule has 1 N–H and O–H groups in total. The minimum absolute atomic E-state index is 0.123. The van der Waals surface area contributed by atoms with Gasteiger partial charge in [-0.05, 0) is 43.4 Å². The molecule has 2 aliphatic heterocycles. The van der Waals surface area contributed by atoms with Crippen molar-refractivity contribution in [1.82, 2.24) is 19.4 Å². The Bertz CT molecular complexity index is 1420. The zero-order valence-corrected chi connectivity index (χ0v) is 20.4. The molecule has 6 rings (SSSR count). The molecule has 6 nitrogen and oxygen atoms in total. The Hall–Kier alpha value is -3.22. The van der Waals surface area contributed by atoms with Gasteiger partial charge in [-0.25, -0.2) is 4.98 Å². The van der Waals surface area contributed by atoms with Gasteiger partial charge < -0.3 is 5.32 Å². The first kappa shape index (κ1) is 22.3. The summed E-state index contributed by atoms with van der Waals surface area (Å²) in [5.41, 5.74) is 3.15. The van der Waals surface area contributed by atoms with Gasteiger partial charge in [0.1, 0.15) is 5.65 Å². The number of piperidine rings is 1. The maximum atomic E-state index is 13.1. The first-order valence-corrected chi connectivity index (χ1v) is 12.6. The van der Waals surface area contributed by atoms with E-state index in [9.17, 15) is 4.79 Å². The van der Waals surface area contributed by atoms with Crippen LogP contribution in [0, 0.1) is 0 Å². The van der Waals surface area contributed by atoms with Crippen LogP contribution in [-0.2, 0) is 13.6 Å². The van der Waals surface area contributed by atoms with Crippen molar-refractivity contribution in [1.29, 1.82) is 0 Å². The van der Waals surface area contributed by atoms with Crippen LogP contribution in [-0.4, -0.2) is 37.6 Å². The fourth-order valence-corrected chi connectivity index (χ4v) is 6.05. The van der Waals surface area contributed by atoms with Crippen molar-refractivity contribution in [3.63, 3.8) is 0 Å². The van der Waals surface area contributed by atoms with Crippen LogP contribution in [0.1, 0.15) is 31.2 Å². The standard InChI is InChI=1S/C28H28ClN5O/c1-33-26-19(13-24(27(33)35)23-9-5-6-10-25(23)29)16-30-28(32-26)31-20-14-21-11-12-22(15-20)34(21)17-18-7-3-2-4-8-18/h2-10,13,16,20-22H,11-12,14-15,17H2,1H3,(H,30,31,32). The molecule has 0 aliphatic carbocycles. The fourth-order valence-electron chi connectivity index (χ4n) is 5.82. The lowest BCUT2D eigenvalue weighted by Gasteiger charge is -2.39. The largest absolute Gasteiger partial charge is 0.351 e. The Morgan fingerprint density at radius 1 is 1.00 bits per heavy atom. The Morgan fingerprint density at radius 2 is 1.71 bits per heavy atom. The Labute approximate surface area is 209 Å². The minimum Gasteiger partial charge on any atom is -0.351 e. The molecule has 7 heteroatoms. The molecule has 4 heterocycles. The summed E-state index contributed by atoms with van der Waals surface area (Å²) in [5.74, 6) is 0.582. The van der Waals surface area contributed by atoms with Crippen molar-refractivity contribution >= 4 is 28.6 Å². The Morgan fingerprint density at radius 3 is 2.46 bits per heavy atom. The molecule has 0 saturated carbocycles. The number of anilines is 1. The number of nitrogens with zero attached hydrogens (tertiary/aromatic N) is 4. The van der Waals surface area contributed by atoms with Gasteiger partial charge in [0.25, 0.3) is 5.56 Å². The summed E-state index contributed by atoms with van der Waals surface area (Å²) in [5, 5.41) is 4.94. The summed E-state index contributed by atoms with van der Waals surface area (Å²) in [7, 11) is 1.75. The van der Waals surface area contributed by atoms with E-state index in [2.05, 4.69) is 45.5 Å². The zero-order chi connectivity index (χ0) is 23.9. The molecule has 2 atom stereocenters. The van der Waals surface area contributed by atoms with Crippen LogP contribution in [0.25, 0.3) is 22.2 Å².